The predicted molar refractivity (Wildman–Crippen MR) is 171 cm³/mol. The van der Waals surface area contributed by atoms with Gasteiger partial charge in [0.2, 0.25) is 0 Å². The molecule has 216 valence electrons. The number of benzene rings is 5. The van der Waals surface area contributed by atoms with Gasteiger partial charge in [-0.1, -0.05) is 54.1 Å². The van der Waals surface area contributed by atoms with Gasteiger partial charge in [-0.25, -0.2) is 8.78 Å². The molecule has 43 heavy (non-hydrogen) atoms. The van der Waals surface area contributed by atoms with Crippen molar-refractivity contribution in [3.05, 3.63) is 154 Å². The topological polar surface area (TPSA) is 27.7 Å². The maximum absolute atomic E-state index is 13.9. The Kier molecular flexibility index (Phi) is 9.02. The van der Waals surface area contributed by atoms with Gasteiger partial charge in [0.05, 0.1) is 14.2 Å². The van der Waals surface area contributed by atoms with Crippen LogP contribution >= 0.6 is 0 Å². The van der Waals surface area contributed by atoms with Crippen molar-refractivity contribution >= 4 is 23.3 Å². The number of aryl methyl sites for hydroxylation is 1. The average Bonchev–Trinajstić information content (AvgIpc) is 3.02. The lowest BCUT2D eigenvalue weighted by Crippen LogP contribution is -1.95. The molecule has 0 fully saturated rings. The summed E-state index contributed by atoms with van der Waals surface area (Å²) in [5.41, 5.74) is 7.24. The number of hydrogen-bond donors (Lipinski definition) is 0. The quantitative estimate of drug-likeness (QED) is 0.164. The Morgan fingerprint density at radius 3 is 1.47 bits per heavy atom. The molecule has 0 bridgehead atoms. The van der Waals surface area contributed by atoms with Crippen LogP contribution < -0.4 is 14.2 Å². The molecule has 0 atom stereocenters. The van der Waals surface area contributed by atoms with E-state index in [1.807, 2.05) is 86.7 Å². The second kappa shape index (κ2) is 13.2. The average molecular weight is 575 g/mol. The molecule has 0 saturated carbocycles. The highest BCUT2D eigenvalue weighted by Gasteiger charge is 2.13. The van der Waals surface area contributed by atoms with Crippen LogP contribution in [-0.4, -0.2) is 14.2 Å². The van der Waals surface area contributed by atoms with Gasteiger partial charge in [0.25, 0.3) is 0 Å². The fraction of sp³-hybridized carbons (Fsp3) is 0.105. The zero-order valence-corrected chi connectivity index (χ0v) is 24.5. The van der Waals surface area contributed by atoms with Crippen LogP contribution in [-0.2, 0) is 0 Å². The molecule has 0 aliphatic carbocycles. The third-order valence-electron chi connectivity index (χ3n) is 7.13. The summed E-state index contributed by atoms with van der Waals surface area (Å²) in [6.07, 6.45) is 3.99. The molecule has 0 saturated heterocycles. The zero-order valence-electron chi connectivity index (χ0n) is 24.5. The van der Waals surface area contributed by atoms with Gasteiger partial charge in [0, 0.05) is 11.1 Å². The summed E-state index contributed by atoms with van der Waals surface area (Å²) in [6, 6.07) is 32.3. The Hall–Kier alpha value is -5.16. The van der Waals surface area contributed by atoms with Crippen LogP contribution in [0.2, 0.25) is 0 Å². The fourth-order valence-electron chi connectivity index (χ4n) is 4.76. The van der Waals surface area contributed by atoms with Crippen molar-refractivity contribution in [2.24, 2.45) is 0 Å². The van der Waals surface area contributed by atoms with Crippen LogP contribution in [0.15, 0.2) is 109 Å². The van der Waals surface area contributed by atoms with Gasteiger partial charge in [0.15, 0.2) is 0 Å². The first-order chi connectivity index (χ1) is 20.8. The third-order valence-corrected chi connectivity index (χ3v) is 7.13. The Labute approximate surface area is 251 Å². The summed E-state index contributed by atoms with van der Waals surface area (Å²) >= 11 is 0. The van der Waals surface area contributed by atoms with E-state index in [1.165, 1.54) is 24.3 Å². The fourth-order valence-corrected chi connectivity index (χ4v) is 4.76. The van der Waals surface area contributed by atoms with Crippen molar-refractivity contribution in [1.29, 1.82) is 0 Å². The molecule has 0 radical (unpaired) electrons. The first kappa shape index (κ1) is 29.3. The number of halogens is 2. The van der Waals surface area contributed by atoms with E-state index in [2.05, 4.69) is 0 Å². The summed E-state index contributed by atoms with van der Waals surface area (Å²) in [7, 11) is 3.24. The molecular formula is C38H32F2O3. The number of rotatable bonds is 9. The van der Waals surface area contributed by atoms with Gasteiger partial charge in [-0.15, -0.1) is 0 Å². The number of methoxy groups -OCH3 is 2. The van der Waals surface area contributed by atoms with Gasteiger partial charge in [-0.05, 0) is 114 Å². The maximum Gasteiger partial charge on any atom is 0.127 e. The molecule has 3 nitrogen and oxygen atoms in total. The molecule has 5 aromatic rings. The molecule has 0 aromatic heterocycles. The smallest absolute Gasteiger partial charge is 0.127 e. The van der Waals surface area contributed by atoms with Crippen LogP contribution in [0.5, 0.6) is 23.0 Å². The number of ether oxygens (including phenoxy) is 3. The Morgan fingerprint density at radius 2 is 0.977 bits per heavy atom. The van der Waals surface area contributed by atoms with E-state index in [0.29, 0.717) is 17.2 Å². The minimum atomic E-state index is -0.308. The highest BCUT2D eigenvalue weighted by molar-refractivity contribution is 5.93. The van der Waals surface area contributed by atoms with Gasteiger partial charge in [-0.2, -0.15) is 0 Å². The molecule has 0 heterocycles. The van der Waals surface area contributed by atoms with E-state index >= 15 is 0 Å². The van der Waals surface area contributed by atoms with Crippen molar-refractivity contribution in [2.45, 2.75) is 13.8 Å². The molecule has 0 aliphatic rings. The zero-order chi connectivity index (χ0) is 30.3. The van der Waals surface area contributed by atoms with Gasteiger partial charge >= 0.3 is 0 Å². The minimum Gasteiger partial charge on any atom is -0.496 e. The standard InChI is InChI=1S/C38H32F2O3/c1-25-5-17-34(18-6-25)43-35-19-11-29(12-20-35)36(28-9-15-33(40)16-10-28)22-31-24-37(41-3)30(23-38(31)42-4)21-26(2)27-7-13-32(39)14-8-27/h5-24H,1-4H3/b26-21-,36-22+. The van der Waals surface area contributed by atoms with E-state index in [9.17, 15) is 8.78 Å². The second-order valence-electron chi connectivity index (χ2n) is 10.2. The first-order valence-electron chi connectivity index (χ1n) is 13.9. The number of hydrogen-bond acceptors (Lipinski definition) is 3. The van der Waals surface area contributed by atoms with E-state index in [-0.39, 0.29) is 11.6 Å². The highest BCUT2D eigenvalue weighted by Crippen LogP contribution is 2.36. The highest BCUT2D eigenvalue weighted by atomic mass is 19.1. The van der Waals surface area contributed by atoms with E-state index in [1.54, 1.807) is 38.5 Å². The Morgan fingerprint density at radius 1 is 0.558 bits per heavy atom. The summed E-state index contributed by atoms with van der Waals surface area (Å²) < 4.78 is 44.9. The van der Waals surface area contributed by atoms with Crippen molar-refractivity contribution in [3.8, 4) is 23.0 Å². The summed E-state index contributed by atoms with van der Waals surface area (Å²) in [6.45, 7) is 4.00. The molecule has 0 amide bonds. The summed E-state index contributed by atoms with van der Waals surface area (Å²) in [5.74, 6) is 2.16. The van der Waals surface area contributed by atoms with Crippen LogP contribution in [0.4, 0.5) is 8.78 Å². The normalized spacial score (nSPS) is 11.8. The molecule has 0 unspecified atom stereocenters. The van der Waals surface area contributed by atoms with Crippen LogP contribution in [0.1, 0.15) is 40.3 Å². The van der Waals surface area contributed by atoms with Crippen molar-refractivity contribution in [3.63, 3.8) is 0 Å². The second-order valence-corrected chi connectivity index (χ2v) is 10.2. The van der Waals surface area contributed by atoms with E-state index < -0.39 is 0 Å². The molecule has 0 aliphatic heterocycles. The largest absolute Gasteiger partial charge is 0.496 e. The molecule has 5 aromatic carbocycles. The van der Waals surface area contributed by atoms with Crippen LogP contribution in [0.3, 0.4) is 0 Å². The van der Waals surface area contributed by atoms with Gasteiger partial charge < -0.3 is 14.2 Å². The lowest BCUT2D eigenvalue weighted by atomic mass is 9.94. The number of allylic oxidation sites excluding steroid dienone is 1. The Balaban J connectivity index is 1.55. The molecular weight excluding hydrogens is 542 g/mol. The summed E-state index contributed by atoms with van der Waals surface area (Å²) in [5, 5.41) is 0. The third kappa shape index (κ3) is 7.19. The SMILES string of the molecule is COc1cc(/C=C(\c2ccc(F)cc2)c2ccc(Oc3ccc(C)cc3)cc2)c(OC)cc1/C=C(/C)c1ccc(F)cc1. The predicted octanol–water partition coefficient (Wildman–Crippen LogP) is 10.2. The van der Waals surface area contributed by atoms with Crippen LogP contribution in [0.25, 0.3) is 23.3 Å². The first-order valence-corrected chi connectivity index (χ1v) is 13.9. The monoisotopic (exact) mass is 574 g/mol. The van der Waals surface area contributed by atoms with Crippen LogP contribution in [0, 0.1) is 18.6 Å². The van der Waals surface area contributed by atoms with Gasteiger partial charge in [-0.3, -0.25) is 0 Å². The molecule has 0 spiro atoms. The maximum atomic E-state index is 13.9. The van der Waals surface area contributed by atoms with Crippen molar-refractivity contribution in [2.75, 3.05) is 14.2 Å². The van der Waals surface area contributed by atoms with E-state index in [0.717, 1.165) is 50.3 Å². The van der Waals surface area contributed by atoms with E-state index in [4.69, 9.17) is 14.2 Å². The lowest BCUT2D eigenvalue weighted by molar-refractivity contribution is 0.401. The Bertz CT molecular complexity index is 1750. The summed E-state index contributed by atoms with van der Waals surface area (Å²) in [4.78, 5) is 0. The molecule has 0 N–H and O–H groups in total. The molecule has 5 heteroatoms. The molecule has 5 rings (SSSR count). The van der Waals surface area contributed by atoms with Crippen molar-refractivity contribution in [1.82, 2.24) is 0 Å². The van der Waals surface area contributed by atoms with Gasteiger partial charge in [0.1, 0.15) is 34.6 Å². The minimum absolute atomic E-state index is 0.280. The lowest BCUT2D eigenvalue weighted by Gasteiger charge is -2.15. The van der Waals surface area contributed by atoms with Crippen molar-refractivity contribution < 1.29 is 23.0 Å².